The Hall–Kier alpha value is -3.26. The maximum Gasteiger partial charge on any atom is 0.172 e. The zero-order chi connectivity index (χ0) is 26.0. The van der Waals surface area contributed by atoms with Crippen LogP contribution in [0.1, 0.15) is 23.9 Å². The molecule has 3 aromatic carbocycles. The fourth-order valence-electron chi connectivity index (χ4n) is 3.77. The molecular weight excluding hydrogens is 536 g/mol. The van der Waals surface area contributed by atoms with Gasteiger partial charge < -0.3 is 0 Å². The molecule has 186 valence electrons. The van der Waals surface area contributed by atoms with Crippen LogP contribution in [0.4, 0.5) is 35.1 Å². The summed E-state index contributed by atoms with van der Waals surface area (Å²) in [6.45, 7) is 3.31. The van der Waals surface area contributed by atoms with Crippen LogP contribution in [0, 0.1) is 46.5 Å². The van der Waals surface area contributed by atoms with E-state index < -0.39 is 89.2 Å². The molecule has 2 heterocycles. The molecule has 0 radical (unpaired) electrons. The molecule has 0 saturated heterocycles. The zero-order valence-electron chi connectivity index (χ0n) is 18.0. The van der Waals surface area contributed by atoms with Gasteiger partial charge in [-0.15, -0.1) is 20.4 Å². The first-order valence-corrected chi connectivity index (χ1v) is 11.9. The lowest BCUT2D eigenvalue weighted by molar-refractivity contribution is 0.495. The van der Waals surface area contributed by atoms with Crippen molar-refractivity contribution in [3.05, 3.63) is 56.6 Å². The van der Waals surface area contributed by atoms with Crippen molar-refractivity contribution in [2.75, 3.05) is 0 Å². The summed E-state index contributed by atoms with van der Waals surface area (Å²) >= 11 is 1.33. The van der Waals surface area contributed by atoms with E-state index in [9.17, 15) is 8.78 Å². The monoisotopic (exact) mass is 546 g/mol. The normalized spacial score (nSPS) is 11.8. The Morgan fingerprint density at radius 1 is 0.444 bits per heavy atom. The van der Waals surface area contributed by atoms with E-state index in [2.05, 4.69) is 20.4 Å². The van der Waals surface area contributed by atoms with Crippen LogP contribution in [-0.2, 0) is 12.8 Å². The summed E-state index contributed by atoms with van der Waals surface area (Å²) in [7, 11) is 0. The Morgan fingerprint density at radius 2 is 0.778 bits per heavy atom. The lowest BCUT2D eigenvalue weighted by Gasteiger charge is -2.15. The van der Waals surface area contributed by atoms with E-state index in [1.165, 1.54) is 0 Å². The average molecular weight is 546 g/mol. The van der Waals surface area contributed by atoms with Gasteiger partial charge in [0, 0.05) is 0 Å². The van der Waals surface area contributed by atoms with Crippen LogP contribution in [-0.4, -0.2) is 20.4 Å². The van der Waals surface area contributed by atoms with E-state index in [0.29, 0.717) is 45.5 Å². The first kappa shape index (κ1) is 24.4. The van der Waals surface area contributed by atoms with Crippen LogP contribution >= 0.6 is 22.7 Å². The molecule has 4 nitrogen and oxygen atoms in total. The number of rotatable bonds is 4. The number of halogens is 8. The molecule has 5 aromatic rings. The van der Waals surface area contributed by atoms with E-state index in [4.69, 9.17) is 0 Å². The molecule has 0 spiro atoms. The fourth-order valence-corrected chi connectivity index (χ4v) is 5.39. The van der Waals surface area contributed by atoms with Crippen LogP contribution < -0.4 is 0 Å². The molecule has 0 saturated carbocycles. The highest BCUT2D eigenvalue weighted by atomic mass is 32.1. The van der Waals surface area contributed by atoms with Crippen molar-refractivity contribution in [1.82, 2.24) is 20.4 Å². The molecule has 5 rings (SSSR count). The van der Waals surface area contributed by atoms with Gasteiger partial charge in [-0.2, -0.15) is 0 Å². The second-order valence-electron chi connectivity index (χ2n) is 7.47. The van der Waals surface area contributed by atoms with E-state index in [1.54, 1.807) is 13.8 Å². The molecule has 0 fully saturated rings. The van der Waals surface area contributed by atoms with Gasteiger partial charge in [0.2, 0.25) is 0 Å². The molecule has 0 amide bonds. The number of hydrogen-bond acceptors (Lipinski definition) is 6. The first-order chi connectivity index (χ1) is 17.1. The summed E-state index contributed by atoms with van der Waals surface area (Å²) in [5.74, 6) is -15.7. The minimum Gasteiger partial charge on any atom is -0.205 e. The summed E-state index contributed by atoms with van der Waals surface area (Å²) in [6.07, 6.45) is 0.621. The number of aromatic nitrogens is 4. The molecular formula is C22H10F8N4S2. The third kappa shape index (κ3) is 3.30. The summed E-state index contributed by atoms with van der Waals surface area (Å²) in [4.78, 5) is 0. The Balaban J connectivity index is 1.95. The Bertz CT molecular complexity index is 1590. The topological polar surface area (TPSA) is 51.6 Å². The van der Waals surface area contributed by atoms with Gasteiger partial charge in [0.05, 0.1) is 32.7 Å². The highest BCUT2D eigenvalue weighted by Gasteiger charge is 2.34. The highest BCUT2D eigenvalue weighted by molar-refractivity contribution is 7.15. The number of hydrogen-bond donors (Lipinski definition) is 0. The molecule has 0 bridgehead atoms. The van der Waals surface area contributed by atoms with Crippen molar-refractivity contribution in [3.8, 4) is 21.1 Å². The number of benzene rings is 3. The largest absolute Gasteiger partial charge is 0.205 e. The van der Waals surface area contributed by atoms with Gasteiger partial charge in [-0.3, -0.25) is 0 Å². The summed E-state index contributed by atoms with van der Waals surface area (Å²) in [6, 6.07) is 0. The molecule has 36 heavy (non-hydrogen) atoms. The molecule has 0 N–H and O–H groups in total. The van der Waals surface area contributed by atoms with Crippen molar-refractivity contribution >= 4 is 44.2 Å². The second-order valence-corrected chi connectivity index (χ2v) is 9.60. The Labute approximate surface area is 204 Å². The number of fused-ring (bicyclic) bond motifs is 2. The van der Waals surface area contributed by atoms with Crippen LogP contribution in [0.2, 0.25) is 0 Å². The second kappa shape index (κ2) is 8.69. The summed E-state index contributed by atoms with van der Waals surface area (Å²) in [5.41, 5.74) is -2.34. The molecule has 0 unspecified atom stereocenters. The third-order valence-electron chi connectivity index (χ3n) is 5.49. The van der Waals surface area contributed by atoms with E-state index in [1.807, 2.05) is 0 Å². The molecule has 2 aromatic heterocycles. The lowest BCUT2D eigenvalue weighted by atomic mass is 9.96. The van der Waals surface area contributed by atoms with Gasteiger partial charge in [0.25, 0.3) is 0 Å². The Kier molecular flexibility index (Phi) is 5.90. The van der Waals surface area contributed by atoms with Crippen molar-refractivity contribution in [2.24, 2.45) is 0 Å². The summed E-state index contributed by atoms with van der Waals surface area (Å²) < 4.78 is 122. The lowest BCUT2D eigenvalue weighted by Crippen LogP contribution is -2.06. The minimum absolute atomic E-state index is 0.306. The maximum atomic E-state index is 15.5. The van der Waals surface area contributed by atoms with Crippen LogP contribution in [0.15, 0.2) is 0 Å². The van der Waals surface area contributed by atoms with E-state index in [0.717, 1.165) is 0 Å². The minimum atomic E-state index is -2.07. The van der Waals surface area contributed by atoms with Crippen molar-refractivity contribution in [1.29, 1.82) is 0 Å². The molecule has 0 atom stereocenters. The first-order valence-electron chi connectivity index (χ1n) is 10.2. The molecule has 0 aliphatic carbocycles. The number of nitrogens with zero attached hydrogens (tertiary/aromatic N) is 4. The van der Waals surface area contributed by atoms with Gasteiger partial charge in [-0.05, 0) is 12.8 Å². The fraction of sp³-hybridized carbons (Fsp3) is 0.182. The average Bonchev–Trinajstić information content (AvgIpc) is 3.52. The van der Waals surface area contributed by atoms with E-state index in [-0.39, 0.29) is 0 Å². The highest BCUT2D eigenvalue weighted by Crippen LogP contribution is 2.44. The van der Waals surface area contributed by atoms with Crippen molar-refractivity contribution < 1.29 is 35.1 Å². The molecule has 0 aliphatic rings. The predicted molar refractivity (Wildman–Crippen MR) is 118 cm³/mol. The van der Waals surface area contributed by atoms with Crippen molar-refractivity contribution in [3.63, 3.8) is 0 Å². The summed E-state index contributed by atoms with van der Waals surface area (Å²) in [5, 5.41) is 7.74. The standard InChI is InChI=1S/C22H10F8N4S2/c1-3-5-31-33-21(35-5)11-15(25)7-9(17(27)19(11)29)14(24)8-10(13(7)23)18(28)20(30)12(16(8)26)22-34-32-6(4-2)36-22/h3-4H2,1-2H3. The van der Waals surface area contributed by atoms with Crippen LogP contribution in [0.3, 0.4) is 0 Å². The third-order valence-corrected chi connectivity index (χ3v) is 7.66. The van der Waals surface area contributed by atoms with Gasteiger partial charge in [0.15, 0.2) is 33.3 Å². The van der Waals surface area contributed by atoms with Gasteiger partial charge in [-0.25, -0.2) is 35.1 Å². The van der Waals surface area contributed by atoms with E-state index >= 15 is 26.3 Å². The smallest absolute Gasteiger partial charge is 0.172 e. The van der Waals surface area contributed by atoms with Gasteiger partial charge >= 0.3 is 0 Å². The van der Waals surface area contributed by atoms with Gasteiger partial charge in [-0.1, -0.05) is 36.5 Å². The maximum absolute atomic E-state index is 15.5. The van der Waals surface area contributed by atoms with Crippen molar-refractivity contribution in [2.45, 2.75) is 26.7 Å². The Morgan fingerprint density at radius 3 is 1.08 bits per heavy atom. The van der Waals surface area contributed by atoms with Gasteiger partial charge in [0.1, 0.15) is 33.3 Å². The molecule has 14 heteroatoms. The number of aryl methyl sites for hydroxylation is 2. The SMILES string of the molecule is CCc1nnc(-c2c(F)c(F)c3c(F)c4c(F)c(-c5nnc(CC)s5)c(F)c(F)c4c(F)c3c2F)s1. The van der Waals surface area contributed by atoms with Crippen LogP contribution in [0.5, 0.6) is 0 Å². The quantitative estimate of drug-likeness (QED) is 0.135. The zero-order valence-corrected chi connectivity index (χ0v) is 19.7. The predicted octanol–water partition coefficient (Wildman–Crippen LogP) is 7.27. The molecule has 0 aliphatic heterocycles. The van der Waals surface area contributed by atoms with Crippen LogP contribution in [0.25, 0.3) is 42.7 Å².